The summed E-state index contributed by atoms with van der Waals surface area (Å²) in [7, 11) is 0. The molecule has 1 aromatic rings. The molecule has 0 spiro atoms. The van der Waals surface area contributed by atoms with Gasteiger partial charge in [0.25, 0.3) is 0 Å². The quantitative estimate of drug-likeness (QED) is 0.851. The maximum Gasteiger partial charge on any atom is 0.151 e. The number of ether oxygens (including phenoxy) is 1. The van der Waals surface area contributed by atoms with Gasteiger partial charge in [0.2, 0.25) is 0 Å². The lowest BCUT2D eigenvalue weighted by Gasteiger charge is -2.25. The van der Waals surface area contributed by atoms with Crippen molar-refractivity contribution < 1.29 is 9.13 Å². The number of para-hydroxylation sites is 1. The first-order valence-electron chi connectivity index (χ1n) is 5.85. The van der Waals surface area contributed by atoms with Gasteiger partial charge < -0.3 is 10.5 Å². The molecule has 0 bridgehead atoms. The van der Waals surface area contributed by atoms with E-state index >= 15 is 0 Å². The zero-order valence-corrected chi connectivity index (χ0v) is 9.63. The Balaban J connectivity index is 2.42. The molecule has 16 heavy (non-hydrogen) atoms. The molecular weight excluding hydrogens is 205 g/mol. The summed E-state index contributed by atoms with van der Waals surface area (Å²) in [6.45, 7) is 2.63. The summed E-state index contributed by atoms with van der Waals surface area (Å²) in [6, 6.07) is 5.68. The summed E-state index contributed by atoms with van der Waals surface area (Å²) in [5, 5.41) is 0. The standard InChI is InChI=1S/C13H18FNO/c1-2-7-13(14,9-15)11-5-3-4-10-6-8-16-12(10)11/h3-5H,2,6-9,15H2,1H3. The minimum atomic E-state index is -1.44. The van der Waals surface area contributed by atoms with E-state index in [-0.39, 0.29) is 6.54 Å². The Kier molecular flexibility index (Phi) is 3.15. The summed E-state index contributed by atoms with van der Waals surface area (Å²) in [4.78, 5) is 0. The molecule has 1 unspecified atom stereocenters. The Bertz CT molecular complexity index is 380. The van der Waals surface area contributed by atoms with Crippen LogP contribution in [-0.4, -0.2) is 13.2 Å². The van der Waals surface area contributed by atoms with Gasteiger partial charge in [0, 0.05) is 18.5 Å². The molecule has 1 atom stereocenters. The molecule has 0 aromatic heterocycles. The van der Waals surface area contributed by atoms with Crippen LogP contribution >= 0.6 is 0 Å². The van der Waals surface area contributed by atoms with E-state index in [0.29, 0.717) is 18.6 Å². The molecule has 1 aromatic carbocycles. The van der Waals surface area contributed by atoms with Gasteiger partial charge in [0.1, 0.15) is 5.75 Å². The molecule has 2 nitrogen and oxygen atoms in total. The SMILES string of the molecule is CCCC(F)(CN)c1cccc2c1OCC2. The fraction of sp³-hybridized carbons (Fsp3) is 0.538. The highest BCUT2D eigenvalue weighted by atomic mass is 19.1. The van der Waals surface area contributed by atoms with Gasteiger partial charge in [0.15, 0.2) is 5.67 Å². The van der Waals surface area contributed by atoms with Gasteiger partial charge in [-0.2, -0.15) is 0 Å². The fourth-order valence-corrected chi connectivity index (χ4v) is 2.31. The molecule has 88 valence electrons. The maximum atomic E-state index is 14.7. The van der Waals surface area contributed by atoms with Crippen LogP contribution in [-0.2, 0) is 12.1 Å². The van der Waals surface area contributed by atoms with E-state index in [0.717, 1.165) is 24.2 Å². The van der Waals surface area contributed by atoms with Crippen molar-refractivity contribution in [3.63, 3.8) is 0 Å². The molecule has 0 saturated heterocycles. The summed E-state index contributed by atoms with van der Waals surface area (Å²) in [6.07, 6.45) is 2.09. The lowest BCUT2D eigenvalue weighted by atomic mass is 9.89. The molecular formula is C13H18FNO. The molecule has 0 fully saturated rings. The van der Waals surface area contributed by atoms with E-state index in [2.05, 4.69) is 0 Å². The van der Waals surface area contributed by atoms with Gasteiger partial charge in [-0.3, -0.25) is 0 Å². The van der Waals surface area contributed by atoms with Gasteiger partial charge in [-0.25, -0.2) is 4.39 Å². The van der Waals surface area contributed by atoms with E-state index in [1.165, 1.54) is 0 Å². The number of alkyl halides is 1. The molecule has 0 radical (unpaired) electrons. The van der Waals surface area contributed by atoms with Gasteiger partial charge in [0.05, 0.1) is 6.61 Å². The number of fused-ring (bicyclic) bond motifs is 1. The Morgan fingerprint density at radius 2 is 2.31 bits per heavy atom. The van der Waals surface area contributed by atoms with Crippen molar-refractivity contribution in [3.05, 3.63) is 29.3 Å². The van der Waals surface area contributed by atoms with Crippen molar-refractivity contribution in [3.8, 4) is 5.75 Å². The van der Waals surface area contributed by atoms with E-state index in [1.807, 2.05) is 19.1 Å². The zero-order valence-electron chi connectivity index (χ0n) is 9.63. The highest BCUT2D eigenvalue weighted by Gasteiger charge is 2.34. The topological polar surface area (TPSA) is 35.2 Å². The first-order valence-corrected chi connectivity index (χ1v) is 5.85. The highest BCUT2D eigenvalue weighted by molar-refractivity contribution is 5.47. The average Bonchev–Trinajstić information content (AvgIpc) is 2.76. The van der Waals surface area contributed by atoms with Crippen LogP contribution in [0.15, 0.2) is 18.2 Å². The summed E-state index contributed by atoms with van der Waals surface area (Å²) in [5.41, 5.74) is 5.88. The van der Waals surface area contributed by atoms with Crippen molar-refractivity contribution in [1.82, 2.24) is 0 Å². The van der Waals surface area contributed by atoms with Gasteiger partial charge in [-0.05, 0) is 12.0 Å². The largest absolute Gasteiger partial charge is 0.493 e. The number of rotatable bonds is 4. The molecule has 3 heteroatoms. The first kappa shape index (κ1) is 11.4. The third kappa shape index (κ3) is 1.80. The Hall–Kier alpha value is -1.09. The van der Waals surface area contributed by atoms with Gasteiger partial charge >= 0.3 is 0 Å². The second kappa shape index (κ2) is 4.42. The Morgan fingerprint density at radius 1 is 1.50 bits per heavy atom. The van der Waals surface area contributed by atoms with E-state index in [1.54, 1.807) is 6.07 Å². The van der Waals surface area contributed by atoms with Crippen LogP contribution in [0.3, 0.4) is 0 Å². The number of nitrogens with two attached hydrogens (primary N) is 1. The number of hydrogen-bond donors (Lipinski definition) is 1. The molecule has 1 aliphatic rings. The molecule has 0 amide bonds. The monoisotopic (exact) mass is 223 g/mol. The minimum Gasteiger partial charge on any atom is -0.493 e. The van der Waals surface area contributed by atoms with Crippen molar-refractivity contribution in [2.75, 3.05) is 13.2 Å². The van der Waals surface area contributed by atoms with E-state index in [9.17, 15) is 4.39 Å². The summed E-state index contributed by atoms with van der Waals surface area (Å²) >= 11 is 0. The predicted octanol–water partition coefficient (Wildman–Crippen LogP) is 2.55. The van der Waals surface area contributed by atoms with E-state index in [4.69, 9.17) is 10.5 Å². The van der Waals surface area contributed by atoms with E-state index < -0.39 is 5.67 Å². The lowest BCUT2D eigenvalue weighted by Crippen LogP contribution is -2.30. The van der Waals surface area contributed by atoms with Crippen molar-refractivity contribution in [2.24, 2.45) is 5.73 Å². The fourth-order valence-electron chi connectivity index (χ4n) is 2.31. The molecule has 1 heterocycles. The second-order valence-electron chi connectivity index (χ2n) is 4.31. The van der Waals surface area contributed by atoms with Crippen LogP contribution in [0.5, 0.6) is 5.75 Å². The number of halogens is 1. The van der Waals surface area contributed by atoms with Crippen LogP contribution in [0.2, 0.25) is 0 Å². The minimum absolute atomic E-state index is 0.0145. The maximum absolute atomic E-state index is 14.7. The molecule has 2 rings (SSSR count). The number of benzene rings is 1. The predicted molar refractivity (Wildman–Crippen MR) is 62.4 cm³/mol. The molecule has 0 aliphatic carbocycles. The molecule has 2 N–H and O–H groups in total. The average molecular weight is 223 g/mol. The highest BCUT2D eigenvalue weighted by Crippen LogP contribution is 2.40. The van der Waals surface area contributed by atoms with Crippen molar-refractivity contribution in [1.29, 1.82) is 0 Å². The van der Waals surface area contributed by atoms with Crippen LogP contribution in [0.4, 0.5) is 4.39 Å². The molecule has 0 saturated carbocycles. The van der Waals surface area contributed by atoms with Crippen LogP contribution in [0.1, 0.15) is 30.9 Å². The van der Waals surface area contributed by atoms with Gasteiger partial charge in [-0.15, -0.1) is 0 Å². The zero-order chi connectivity index (χ0) is 11.6. The first-order chi connectivity index (χ1) is 7.71. The smallest absolute Gasteiger partial charge is 0.151 e. The van der Waals surface area contributed by atoms with Crippen LogP contribution in [0.25, 0.3) is 0 Å². The third-order valence-corrected chi connectivity index (χ3v) is 3.17. The second-order valence-corrected chi connectivity index (χ2v) is 4.31. The normalized spacial score (nSPS) is 17.7. The Labute approximate surface area is 95.6 Å². The van der Waals surface area contributed by atoms with Crippen molar-refractivity contribution >= 4 is 0 Å². The van der Waals surface area contributed by atoms with Crippen LogP contribution in [0, 0.1) is 0 Å². The van der Waals surface area contributed by atoms with Gasteiger partial charge in [-0.1, -0.05) is 31.5 Å². The summed E-state index contributed by atoms with van der Waals surface area (Å²) < 4.78 is 20.2. The number of hydrogen-bond acceptors (Lipinski definition) is 2. The van der Waals surface area contributed by atoms with Crippen LogP contribution < -0.4 is 10.5 Å². The summed E-state index contributed by atoms with van der Waals surface area (Å²) in [5.74, 6) is 0.726. The lowest BCUT2D eigenvalue weighted by molar-refractivity contribution is 0.154. The molecule has 1 aliphatic heterocycles. The third-order valence-electron chi connectivity index (χ3n) is 3.17. The van der Waals surface area contributed by atoms with Crippen molar-refractivity contribution in [2.45, 2.75) is 31.9 Å². The Morgan fingerprint density at radius 3 is 3.00 bits per heavy atom.